The monoisotopic (exact) mass is 592 g/mol. The number of benzene rings is 2. The van der Waals surface area contributed by atoms with Crippen LogP contribution >= 0.6 is 23.2 Å². The first-order valence-electron chi connectivity index (χ1n) is 13.6. The lowest BCUT2D eigenvalue weighted by Crippen LogP contribution is -2.16. The Labute approximate surface area is 249 Å². The van der Waals surface area contributed by atoms with Crippen molar-refractivity contribution in [1.29, 1.82) is 0 Å². The third-order valence-corrected chi connectivity index (χ3v) is 7.81. The van der Waals surface area contributed by atoms with Crippen LogP contribution in [-0.2, 0) is 17.7 Å². The number of hydrogen-bond donors (Lipinski definition) is 1. The van der Waals surface area contributed by atoms with Gasteiger partial charge in [-0.3, -0.25) is 4.98 Å². The molecule has 212 valence electrons. The van der Waals surface area contributed by atoms with Crippen LogP contribution in [0.5, 0.6) is 11.5 Å². The van der Waals surface area contributed by atoms with Crippen molar-refractivity contribution >= 4 is 34.9 Å². The number of H-pyrrole nitrogens is 1. The molecule has 0 amide bonds. The van der Waals surface area contributed by atoms with Crippen LogP contribution in [0.1, 0.15) is 58.8 Å². The second kappa shape index (κ2) is 13.7. The Kier molecular flexibility index (Phi) is 9.59. The number of nitrogens with zero attached hydrogens (tertiary/aromatic N) is 1. The molecule has 9 heteroatoms. The largest absolute Gasteiger partial charge is 0.493 e. The van der Waals surface area contributed by atoms with E-state index in [4.69, 9.17) is 37.4 Å². The molecule has 2 aromatic heterocycles. The van der Waals surface area contributed by atoms with Gasteiger partial charge in [0.1, 0.15) is 16.1 Å². The molecule has 1 fully saturated rings. The van der Waals surface area contributed by atoms with Gasteiger partial charge in [0.25, 0.3) is 0 Å². The average Bonchev–Trinajstić information content (AvgIpc) is 3.51. The van der Waals surface area contributed by atoms with Gasteiger partial charge in [0.05, 0.1) is 24.5 Å². The molecule has 2 aromatic carbocycles. The van der Waals surface area contributed by atoms with Gasteiger partial charge in [-0.2, -0.15) is 0 Å². The van der Waals surface area contributed by atoms with Gasteiger partial charge in [-0.05, 0) is 73.2 Å². The van der Waals surface area contributed by atoms with Gasteiger partial charge in [0.15, 0.2) is 23.9 Å². The van der Waals surface area contributed by atoms with Gasteiger partial charge < -0.3 is 19.5 Å². The highest BCUT2D eigenvalue weighted by molar-refractivity contribution is 6.35. The van der Waals surface area contributed by atoms with Crippen molar-refractivity contribution in [2.75, 3.05) is 12.4 Å². The summed E-state index contributed by atoms with van der Waals surface area (Å²) in [6.45, 7) is 0.599. The van der Waals surface area contributed by atoms with Crippen molar-refractivity contribution in [2.45, 2.75) is 50.9 Å². The Morgan fingerprint density at radius 2 is 1.80 bits per heavy atom. The summed E-state index contributed by atoms with van der Waals surface area (Å²) in [6.07, 6.45) is 10.8. The van der Waals surface area contributed by atoms with E-state index in [1.165, 1.54) is 0 Å². The summed E-state index contributed by atoms with van der Waals surface area (Å²) >= 11 is 13.0. The van der Waals surface area contributed by atoms with Gasteiger partial charge in [0, 0.05) is 30.9 Å². The number of ether oxygens (including phenoxy) is 3. The lowest BCUT2D eigenvalue weighted by Gasteiger charge is -2.22. The molecule has 1 saturated carbocycles. The molecule has 0 spiro atoms. The summed E-state index contributed by atoms with van der Waals surface area (Å²) in [6, 6.07) is 16.8. The van der Waals surface area contributed by atoms with Gasteiger partial charge >= 0.3 is 5.97 Å². The first kappa shape index (κ1) is 28.7. The minimum Gasteiger partial charge on any atom is -0.493 e. The highest BCUT2D eigenvalue weighted by atomic mass is 35.5. The number of anilines is 1. The average molecular weight is 594 g/mol. The van der Waals surface area contributed by atoms with Crippen LogP contribution in [0.25, 0.3) is 0 Å². The number of carbonyl (C=O) groups excluding carboxylic acids is 1. The zero-order chi connectivity index (χ0) is 28.6. The van der Waals surface area contributed by atoms with E-state index in [0.29, 0.717) is 39.2 Å². The van der Waals surface area contributed by atoms with Crippen LogP contribution < -0.4 is 19.8 Å². The second-order valence-corrected chi connectivity index (χ2v) is 10.8. The van der Waals surface area contributed by atoms with Crippen molar-refractivity contribution in [2.24, 2.45) is 0 Å². The standard InChI is InChI=1S/C32H31Cl2N3O4/c1-39-29-13-12-23(15-31(29)40-25-6-2-3-7-25)30(16-26-27(33)19-36-20-28(26)34)41-32(38)22-10-8-21(9-11-22)17-37-24-5-4-14-35-18-24/h4-5,8-15,18-20,25,30,37H,2-3,6-7,16-17H2,1H3/p+1. The number of halogens is 2. The fraction of sp³-hybridized carbons (Fsp3) is 0.281. The third kappa shape index (κ3) is 7.48. The van der Waals surface area contributed by atoms with Gasteiger partial charge in [-0.25, -0.2) is 9.78 Å². The molecule has 0 bridgehead atoms. The van der Waals surface area contributed by atoms with Gasteiger partial charge in [-0.15, -0.1) is 0 Å². The number of esters is 1. The minimum atomic E-state index is -0.677. The maximum atomic E-state index is 13.4. The van der Waals surface area contributed by atoms with Crippen LogP contribution in [0.4, 0.5) is 5.69 Å². The lowest BCUT2D eigenvalue weighted by atomic mass is 10.0. The second-order valence-electron chi connectivity index (χ2n) is 9.95. The minimum absolute atomic E-state index is 0.139. The molecule has 0 radical (unpaired) electrons. The summed E-state index contributed by atoms with van der Waals surface area (Å²) < 4.78 is 18.0. The SMILES string of the molecule is COc1ccc(C(Cc2c(Cl)c[nH+]cc2Cl)OC(=O)c2ccc(CNc3cccnc3)cc2)cc1OC1CCCC1. The molecule has 1 unspecified atom stereocenters. The van der Waals surface area contributed by atoms with E-state index < -0.39 is 12.1 Å². The molecule has 2 heterocycles. The maximum absolute atomic E-state index is 13.4. The number of aromatic amines is 1. The molecule has 0 aliphatic heterocycles. The number of carbonyl (C=O) groups is 1. The molecule has 5 rings (SSSR count). The topological polar surface area (TPSA) is 83.8 Å². The Bertz CT molecular complexity index is 1440. The third-order valence-electron chi connectivity index (χ3n) is 7.14. The zero-order valence-electron chi connectivity index (χ0n) is 22.7. The van der Waals surface area contributed by atoms with E-state index in [-0.39, 0.29) is 12.5 Å². The summed E-state index contributed by atoms with van der Waals surface area (Å²) in [5.74, 6) is 0.805. The van der Waals surface area contributed by atoms with E-state index in [2.05, 4.69) is 15.3 Å². The van der Waals surface area contributed by atoms with Crippen molar-refractivity contribution in [3.8, 4) is 11.5 Å². The molecular formula is C32H32Cl2N3O4+. The first-order valence-corrected chi connectivity index (χ1v) is 14.4. The number of nitrogens with one attached hydrogen (secondary N) is 2. The van der Waals surface area contributed by atoms with Crippen LogP contribution in [-0.4, -0.2) is 24.2 Å². The first-order chi connectivity index (χ1) is 20.0. The molecule has 4 aromatic rings. The predicted molar refractivity (Wildman–Crippen MR) is 159 cm³/mol. The number of hydrogen-bond acceptors (Lipinski definition) is 6. The quantitative estimate of drug-likeness (QED) is 0.184. The van der Waals surface area contributed by atoms with Gasteiger partial charge in [0.2, 0.25) is 0 Å². The molecule has 41 heavy (non-hydrogen) atoms. The summed E-state index contributed by atoms with van der Waals surface area (Å²) in [7, 11) is 1.62. The molecule has 1 aliphatic carbocycles. The predicted octanol–water partition coefficient (Wildman–Crippen LogP) is 7.29. The maximum Gasteiger partial charge on any atom is 0.338 e. The molecular weight excluding hydrogens is 561 g/mol. The normalized spacial score (nSPS) is 13.9. The molecule has 0 saturated heterocycles. The van der Waals surface area contributed by atoms with Crippen molar-refractivity contribution in [3.05, 3.63) is 112 Å². The highest BCUT2D eigenvalue weighted by Gasteiger charge is 2.25. The van der Waals surface area contributed by atoms with Crippen LogP contribution in [0.15, 0.2) is 79.4 Å². The van der Waals surface area contributed by atoms with Crippen LogP contribution in [0.2, 0.25) is 10.0 Å². The Morgan fingerprint density at radius 3 is 2.49 bits per heavy atom. The smallest absolute Gasteiger partial charge is 0.338 e. The van der Waals surface area contributed by atoms with Gasteiger partial charge in [-0.1, -0.05) is 41.4 Å². The van der Waals surface area contributed by atoms with Crippen molar-refractivity contribution in [3.63, 3.8) is 0 Å². The summed E-state index contributed by atoms with van der Waals surface area (Å²) in [5.41, 5.74) is 3.81. The Morgan fingerprint density at radius 1 is 1.05 bits per heavy atom. The van der Waals surface area contributed by atoms with Crippen LogP contribution in [0.3, 0.4) is 0 Å². The molecule has 7 nitrogen and oxygen atoms in total. The molecule has 1 atom stereocenters. The molecule has 1 aliphatic rings. The number of methoxy groups -OCH3 is 1. The van der Waals surface area contributed by atoms with E-state index in [1.807, 2.05) is 42.5 Å². The fourth-order valence-corrected chi connectivity index (χ4v) is 5.42. The van der Waals surface area contributed by atoms with E-state index in [1.54, 1.807) is 44.0 Å². The summed E-state index contributed by atoms with van der Waals surface area (Å²) in [5, 5.41) is 4.23. The van der Waals surface area contributed by atoms with E-state index in [9.17, 15) is 4.79 Å². The summed E-state index contributed by atoms with van der Waals surface area (Å²) in [4.78, 5) is 20.4. The highest BCUT2D eigenvalue weighted by Crippen LogP contribution is 2.37. The van der Waals surface area contributed by atoms with Crippen LogP contribution in [0, 0.1) is 0 Å². The number of pyridine rings is 2. The zero-order valence-corrected chi connectivity index (χ0v) is 24.3. The Hall–Kier alpha value is -3.81. The molecule has 2 N–H and O–H groups in total. The number of rotatable bonds is 11. The van der Waals surface area contributed by atoms with Crippen molar-refractivity contribution in [1.82, 2.24) is 4.98 Å². The van der Waals surface area contributed by atoms with E-state index >= 15 is 0 Å². The van der Waals surface area contributed by atoms with Crippen molar-refractivity contribution < 1.29 is 24.0 Å². The lowest BCUT2D eigenvalue weighted by molar-refractivity contribution is -0.377. The number of aromatic nitrogens is 2. The Balaban J connectivity index is 1.37. The fourth-order valence-electron chi connectivity index (χ4n) is 4.88. The van der Waals surface area contributed by atoms with E-state index in [0.717, 1.165) is 42.5 Å².